The van der Waals surface area contributed by atoms with Gasteiger partial charge >= 0.3 is 0 Å². The van der Waals surface area contributed by atoms with Gasteiger partial charge in [0.1, 0.15) is 0 Å². The molecular formula is C13H22N2O3S2. The SMILES string of the molecule is CC(C)n1cc(S(=O)(=O)NCC2CCCS2)cc1CO. The number of rotatable bonds is 6. The Kier molecular flexibility index (Phi) is 5.17. The molecule has 1 aliphatic heterocycles. The van der Waals surface area contributed by atoms with Crippen molar-refractivity contribution in [1.82, 2.24) is 9.29 Å². The van der Waals surface area contributed by atoms with Crippen molar-refractivity contribution in [3.8, 4) is 0 Å². The summed E-state index contributed by atoms with van der Waals surface area (Å²) in [5.41, 5.74) is 0.621. The maximum absolute atomic E-state index is 12.3. The molecule has 1 atom stereocenters. The van der Waals surface area contributed by atoms with Crippen LogP contribution in [0.4, 0.5) is 0 Å². The fraction of sp³-hybridized carbons (Fsp3) is 0.692. The topological polar surface area (TPSA) is 71.3 Å². The van der Waals surface area contributed by atoms with E-state index in [1.165, 1.54) is 0 Å². The molecule has 2 rings (SSSR count). The Morgan fingerprint density at radius 3 is 2.80 bits per heavy atom. The Morgan fingerprint density at radius 1 is 1.55 bits per heavy atom. The molecule has 0 bridgehead atoms. The van der Waals surface area contributed by atoms with Crippen LogP contribution in [0.5, 0.6) is 0 Å². The van der Waals surface area contributed by atoms with Gasteiger partial charge in [-0.2, -0.15) is 11.8 Å². The molecule has 7 heteroatoms. The van der Waals surface area contributed by atoms with Crippen molar-refractivity contribution < 1.29 is 13.5 Å². The van der Waals surface area contributed by atoms with Crippen molar-refractivity contribution in [2.24, 2.45) is 0 Å². The van der Waals surface area contributed by atoms with Crippen LogP contribution in [0.25, 0.3) is 0 Å². The summed E-state index contributed by atoms with van der Waals surface area (Å²) in [5.74, 6) is 1.12. The molecule has 2 N–H and O–H groups in total. The number of nitrogens with one attached hydrogen (secondary N) is 1. The summed E-state index contributed by atoms with van der Waals surface area (Å²) < 4.78 is 29.0. The number of hydrogen-bond donors (Lipinski definition) is 2. The van der Waals surface area contributed by atoms with Gasteiger partial charge in [0.15, 0.2) is 0 Å². The lowest BCUT2D eigenvalue weighted by Gasteiger charge is -2.11. The maximum atomic E-state index is 12.3. The van der Waals surface area contributed by atoms with Gasteiger partial charge in [-0.3, -0.25) is 0 Å². The zero-order valence-corrected chi connectivity index (χ0v) is 13.5. The van der Waals surface area contributed by atoms with Crippen LogP contribution in [0, 0.1) is 0 Å². The fourth-order valence-electron chi connectivity index (χ4n) is 2.34. The number of hydrogen-bond acceptors (Lipinski definition) is 4. The number of aliphatic hydroxyl groups excluding tert-OH is 1. The molecule has 0 amide bonds. The number of thioether (sulfide) groups is 1. The van der Waals surface area contributed by atoms with Gasteiger partial charge < -0.3 is 9.67 Å². The number of aliphatic hydroxyl groups is 1. The quantitative estimate of drug-likeness (QED) is 0.838. The van der Waals surface area contributed by atoms with E-state index >= 15 is 0 Å². The molecule has 1 unspecified atom stereocenters. The molecule has 1 aromatic rings. The second-order valence-electron chi connectivity index (χ2n) is 5.31. The van der Waals surface area contributed by atoms with Gasteiger partial charge in [0, 0.05) is 29.7 Å². The normalized spacial score (nSPS) is 19.9. The zero-order valence-electron chi connectivity index (χ0n) is 11.9. The van der Waals surface area contributed by atoms with Gasteiger partial charge in [0.05, 0.1) is 11.5 Å². The Hall–Kier alpha value is -0.500. The molecule has 1 saturated heterocycles. The lowest BCUT2D eigenvalue weighted by molar-refractivity contribution is 0.268. The van der Waals surface area contributed by atoms with Gasteiger partial charge in [-0.25, -0.2) is 13.1 Å². The highest BCUT2D eigenvalue weighted by Gasteiger charge is 2.22. The number of sulfonamides is 1. The Balaban J connectivity index is 2.12. The summed E-state index contributed by atoms with van der Waals surface area (Å²) in [7, 11) is -3.49. The van der Waals surface area contributed by atoms with Gasteiger partial charge in [0.25, 0.3) is 0 Å². The van der Waals surface area contributed by atoms with Gasteiger partial charge in [-0.1, -0.05) is 0 Å². The predicted octanol–water partition coefficient (Wildman–Crippen LogP) is 1.74. The van der Waals surface area contributed by atoms with E-state index in [-0.39, 0.29) is 17.5 Å². The molecule has 0 radical (unpaired) electrons. The largest absolute Gasteiger partial charge is 0.390 e. The average molecular weight is 318 g/mol. The van der Waals surface area contributed by atoms with E-state index < -0.39 is 10.0 Å². The minimum absolute atomic E-state index is 0.117. The summed E-state index contributed by atoms with van der Waals surface area (Å²) >= 11 is 1.82. The van der Waals surface area contributed by atoms with Crippen LogP contribution in [0.2, 0.25) is 0 Å². The molecule has 1 aromatic heterocycles. The summed E-state index contributed by atoms with van der Waals surface area (Å²) in [4.78, 5) is 0.234. The molecule has 0 saturated carbocycles. The monoisotopic (exact) mass is 318 g/mol. The van der Waals surface area contributed by atoms with Crippen LogP contribution < -0.4 is 4.72 Å². The van der Waals surface area contributed by atoms with Crippen LogP contribution in [0.15, 0.2) is 17.2 Å². The average Bonchev–Trinajstić information content (AvgIpc) is 3.05. The molecule has 1 aliphatic rings. The molecular weight excluding hydrogens is 296 g/mol. The molecule has 20 heavy (non-hydrogen) atoms. The summed E-state index contributed by atoms with van der Waals surface area (Å²) in [6.07, 6.45) is 3.83. The van der Waals surface area contributed by atoms with E-state index in [0.717, 1.165) is 18.6 Å². The van der Waals surface area contributed by atoms with Crippen molar-refractivity contribution in [3.05, 3.63) is 18.0 Å². The molecule has 0 spiro atoms. The van der Waals surface area contributed by atoms with Crippen molar-refractivity contribution in [2.75, 3.05) is 12.3 Å². The van der Waals surface area contributed by atoms with Crippen LogP contribution >= 0.6 is 11.8 Å². The molecule has 0 aromatic carbocycles. The molecule has 5 nitrogen and oxygen atoms in total. The first-order chi connectivity index (χ1) is 9.44. The maximum Gasteiger partial charge on any atom is 0.242 e. The third-order valence-electron chi connectivity index (χ3n) is 3.46. The molecule has 0 aliphatic carbocycles. The van der Waals surface area contributed by atoms with Crippen LogP contribution in [-0.2, 0) is 16.6 Å². The third kappa shape index (κ3) is 3.58. The minimum Gasteiger partial charge on any atom is -0.390 e. The molecule has 114 valence electrons. The first kappa shape index (κ1) is 15.9. The predicted molar refractivity (Wildman–Crippen MR) is 81.4 cm³/mol. The second kappa shape index (κ2) is 6.51. The number of nitrogens with zero attached hydrogens (tertiary/aromatic N) is 1. The fourth-order valence-corrected chi connectivity index (χ4v) is 4.78. The highest BCUT2D eigenvalue weighted by molar-refractivity contribution is 8.00. The Labute approximate surface area is 124 Å². The van der Waals surface area contributed by atoms with Gasteiger partial charge in [0.2, 0.25) is 10.0 Å². The first-order valence-corrected chi connectivity index (χ1v) is 9.40. The highest BCUT2D eigenvalue weighted by atomic mass is 32.2. The smallest absolute Gasteiger partial charge is 0.242 e. The van der Waals surface area contributed by atoms with Crippen LogP contribution in [-0.4, -0.2) is 35.6 Å². The van der Waals surface area contributed by atoms with Crippen molar-refractivity contribution in [1.29, 1.82) is 0 Å². The number of aromatic nitrogens is 1. The molecule has 2 heterocycles. The summed E-state index contributed by atoms with van der Waals surface area (Å²) in [6.45, 7) is 4.23. The minimum atomic E-state index is -3.49. The van der Waals surface area contributed by atoms with Crippen LogP contribution in [0.3, 0.4) is 0 Å². The van der Waals surface area contributed by atoms with E-state index in [0.29, 0.717) is 17.5 Å². The summed E-state index contributed by atoms with van der Waals surface area (Å²) in [5, 5.41) is 9.69. The van der Waals surface area contributed by atoms with Crippen molar-refractivity contribution in [3.63, 3.8) is 0 Å². The lowest BCUT2D eigenvalue weighted by atomic mass is 10.2. The summed E-state index contributed by atoms with van der Waals surface area (Å²) in [6, 6.07) is 1.66. The Morgan fingerprint density at radius 2 is 2.30 bits per heavy atom. The van der Waals surface area contributed by atoms with Gasteiger partial charge in [-0.15, -0.1) is 0 Å². The first-order valence-electron chi connectivity index (χ1n) is 6.87. The van der Waals surface area contributed by atoms with E-state index in [9.17, 15) is 13.5 Å². The van der Waals surface area contributed by atoms with E-state index in [1.54, 1.807) is 16.8 Å². The van der Waals surface area contributed by atoms with Crippen molar-refractivity contribution >= 4 is 21.8 Å². The van der Waals surface area contributed by atoms with E-state index in [4.69, 9.17) is 0 Å². The van der Waals surface area contributed by atoms with E-state index in [2.05, 4.69) is 4.72 Å². The lowest BCUT2D eigenvalue weighted by Crippen LogP contribution is -2.29. The zero-order chi connectivity index (χ0) is 14.8. The van der Waals surface area contributed by atoms with E-state index in [1.807, 2.05) is 25.6 Å². The third-order valence-corrected chi connectivity index (χ3v) is 6.25. The van der Waals surface area contributed by atoms with Gasteiger partial charge in [-0.05, 0) is 38.5 Å². The highest BCUT2D eigenvalue weighted by Crippen LogP contribution is 2.26. The molecule has 1 fully saturated rings. The van der Waals surface area contributed by atoms with Crippen LogP contribution in [0.1, 0.15) is 38.4 Å². The standard InChI is InChI=1S/C13H22N2O3S2/c1-10(2)15-8-13(6-11(15)9-16)20(17,18)14-7-12-4-3-5-19-12/h6,8,10,12,14,16H,3-5,7,9H2,1-2H3. The second-order valence-corrected chi connectivity index (χ2v) is 8.49. The Bertz CT molecular complexity index is 546. The van der Waals surface area contributed by atoms with Crippen molar-refractivity contribution in [2.45, 2.75) is 49.5 Å².